The highest BCUT2D eigenvalue weighted by molar-refractivity contribution is 5.97. The lowest BCUT2D eigenvalue weighted by molar-refractivity contribution is 0.0183. The fourth-order valence-electron chi connectivity index (χ4n) is 3.20. The Bertz CT molecular complexity index is 821. The SMILES string of the molecule is CC(C)(C)OC(=O)N1CCC(CNC(=O)c2ccc3ncccc3c2)CC1. The smallest absolute Gasteiger partial charge is 0.410 e. The van der Waals surface area contributed by atoms with Crippen LogP contribution < -0.4 is 5.32 Å². The van der Waals surface area contributed by atoms with E-state index in [4.69, 9.17) is 4.74 Å². The van der Waals surface area contributed by atoms with Crippen LogP contribution in [-0.2, 0) is 4.74 Å². The van der Waals surface area contributed by atoms with Crippen LogP contribution in [0.5, 0.6) is 0 Å². The number of nitrogens with one attached hydrogen (secondary N) is 1. The lowest BCUT2D eigenvalue weighted by Gasteiger charge is -2.33. The minimum Gasteiger partial charge on any atom is -0.444 e. The van der Waals surface area contributed by atoms with Crippen LogP contribution in [0.2, 0.25) is 0 Å². The number of fused-ring (bicyclic) bond motifs is 1. The molecule has 1 saturated heterocycles. The Balaban J connectivity index is 1.48. The van der Waals surface area contributed by atoms with Gasteiger partial charge < -0.3 is 15.0 Å². The molecule has 144 valence electrons. The fraction of sp³-hybridized carbons (Fsp3) is 0.476. The molecule has 1 fully saturated rings. The summed E-state index contributed by atoms with van der Waals surface area (Å²) in [5, 5.41) is 3.98. The van der Waals surface area contributed by atoms with E-state index in [1.807, 2.05) is 45.0 Å². The lowest BCUT2D eigenvalue weighted by Crippen LogP contribution is -2.43. The molecule has 0 spiro atoms. The Hall–Kier alpha value is -2.63. The number of carbonyl (C=O) groups excluding carboxylic acids is 2. The average Bonchev–Trinajstić information content (AvgIpc) is 2.64. The van der Waals surface area contributed by atoms with E-state index in [1.165, 1.54) is 0 Å². The summed E-state index contributed by atoms with van der Waals surface area (Å²) in [5.74, 6) is 0.296. The van der Waals surface area contributed by atoms with Crippen LogP contribution >= 0.6 is 0 Å². The predicted molar refractivity (Wildman–Crippen MR) is 105 cm³/mol. The summed E-state index contributed by atoms with van der Waals surface area (Å²) in [6.45, 7) is 7.56. The van der Waals surface area contributed by atoms with Gasteiger partial charge >= 0.3 is 6.09 Å². The first-order valence-corrected chi connectivity index (χ1v) is 9.43. The predicted octanol–water partition coefficient (Wildman–Crippen LogP) is 3.61. The first kappa shape index (κ1) is 19.1. The number of nitrogens with zero attached hydrogens (tertiary/aromatic N) is 2. The van der Waals surface area contributed by atoms with Gasteiger partial charge in [0.15, 0.2) is 0 Å². The third-order valence-electron chi connectivity index (χ3n) is 4.68. The molecular formula is C21H27N3O3. The summed E-state index contributed by atoms with van der Waals surface area (Å²) in [4.78, 5) is 30.6. The molecule has 0 radical (unpaired) electrons. The van der Waals surface area contributed by atoms with E-state index in [0.29, 0.717) is 31.1 Å². The number of likely N-dealkylation sites (tertiary alicyclic amines) is 1. The van der Waals surface area contributed by atoms with Gasteiger partial charge in [-0.05, 0) is 63.8 Å². The first-order valence-electron chi connectivity index (χ1n) is 9.43. The summed E-state index contributed by atoms with van der Waals surface area (Å²) >= 11 is 0. The van der Waals surface area contributed by atoms with E-state index in [-0.39, 0.29) is 12.0 Å². The fourth-order valence-corrected chi connectivity index (χ4v) is 3.20. The zero-order valence-corrected chi connectivity index (χ0v) is 16.2. The van der Waals surface area contributed by atoms with Crippen LogP contribution in [0, 0.1) is 5.92 Å². The standard InChI is InChI=1S/C21H27N3O3/c1-21(2,3)27-20(26)24-11-8-15(9-12-24)14-23-19(25)17-6-7-18-16(13-17)5-4-10-22-18/h4-7,10,13,15H,8-9,11-12,14H2,1-3H3,(H,23,25). The zero-order chi connectivity index (χ0) is 19.4. The molecule has 3 rings (SSSR count). The van der Waals surface area contributed by atoms with Gasteiger partial charge in [-0.2, -0.15) is 0 Å². The molecule has 1 aromatic heterocycles. The molecule has 1 aliphatic rings. The van der Waals surface area contributed by atoms with E-state index < -0.39 is 5.60 Å². The summed E-state index contributed by atoms with van der Waals surface area (Å²) in [6.07, 6.45) is 3.21. The molecular weight excluding hydrogens is 342 g/mol. The number of aromatic nitrogens is 1. The molecule has 6 heteroatoms. The molecule has 0 unspecified atom stereocenters. The van der Waals surface area contributed by atoms with E-state index in [1.54, 1.807) is 17.2 Å². The largest absolute Gasteiger partial charge is 0.444 e. The highest BCUT2D eigenvalue weighted by Gasteiger charge is 2.27. The molecule has 0 bridgehead atoms. The molecule has 2 aromatic rings. The van der Waals surface area contributed by atoms with Crippen LogP contribution in [0.1, 0.15) is 44.0 Å². The van der Waals surface area contributed by atoms with Crippen molar-refractivity contribution in [1.82, 2.24) is 15.2 Å². The molecule has 0 aliphatic carbocycles. The van der Waals surface area contributed by atoms with E-state index in [9.17, 15) is 9.59 Å². The number of hydrogen-bond acceptors (Lipinski definition) is 4. The van der Waals surface area contributed by atoms with Gasteiger partial charge in [0, 0.05) is 36.8 Å². The van der Waals surface area contributed by atoms with E-state index in [0.717, 1.165) is 23.7 Å². The molecule has 1 aliphatic heterocycles. The van der Waals surface area contributed by atoms with E-state index >= 15 is 0 Å². The van der Waals surface area contributed by atoms with Crippen molar-refractivity contribution in [2.75, 3.05) is 19.6 Å². The van der Waals surface area contributed by atoms with Gasteiger partial charge in [0.25, 0.3) is 5.91 Å². The second kappa shape index (κ2) is 7.94. The number of rotatable bonds is 3. The Kier molecular flexibility index (Phi) is 5.63. The van der Waals surface area contributed by atoms with Gasteiger partial charge in [-0.3, -0.25) is 9.78 Å². The Morgan fingerprint density at radius 3 is 2.67 bits per heavy atom. The number of hydrogen-bond donors (Lipinski definition) is 1. The zero-order valence-electron chi connectivity index (χ0n) is 16.2. The maximum absolute atomic E-state index is 12.4. The van der Waals surface area contributed by atoms with Crippen molar-refractivity contribution < 1.29 is 14.3 Å². The number of pyridine rings is 1. The van der Waals surface area contributed by atoms with Crippen molar-refractivity contribution in [3.8, 4) is 0 Å². The quantitative estimate of drug-likeness (QED) is 0.897. The molecule has 6 nitrogen and oxygen atoms in total. The summed E-state index contributed by atoms with van der Waals surface area (Å²) < 4.78 is 5.42. The minimum absolute atomic E-state index is 0.0738. The highest BCUT2D eigenvalue weighted by Crippen LogP contribution is 2.19. The van der Waals surface area contributed by atoms with Gasteiger partial charge in [-0.15, -0.1) is 0 Å². The maximum Gasteiger partial charge on any atom is 0.410 e. The summed E-state index contributed by atoms with van der Waals surface area (Å²) in [7, 11) is 0. The first-order chi connectivity index (χ1) is 12.8. The van der Waals surface area contributed by atoms with Crippen molar-refractivity contribution >= 4 is 22.9 Å². The van der Waals surface area contributed by atoms with E-state index in [2.05, 4.69) is 10.3 Å². The van der Waals surface area contributed by atoms with Gasteiger partial charge in [0.2, 0.25) is 0 Å². The number of ether oxygens (including phenoxy) is 1. The molecule has 1 N–H and O–H groups in total. The van der Waals surface area contributed by atoms with Crippen LogP contribution in [-0.4, -0.2) is 47.1 Å². The normalized spacial score (nSPS) is 15.6. The van der Waals surface area contributed by atoms with Gasteiger partial charge in [-0.1, -0.05) is 6.07 Å². The summed E-state index contributed by atoms with van der Waals surface area (Å²) in [5.41, 5.74) is 1.04. The molecule has 27 heavy (non-hydrogen) atoms. The molecule has 1 aromatic carbocycles. The van der Waals surface area contributed by atoms with Crippen molar-refractivity contribution in [3.63, 3.8) is 0 Å². The lowest BCUT2D eigenvalue weighted by atomic mass is 9.97. The third-order valence-corrected chi connectivity index (χ3v) is 4.68. The van der Waals surface area contributed by atoms with Gasteiger partial charge in [0.05, 0.1) is 5.52 Å². The average molecular weight is 369 g/mol. The van der Waals surface area contributed by atoms with Crippen LogP contribution in [0.25, 0.3) is 10.9 Å². The number of amides is 2. The van der Waals surface area contributed by atoms with Gasteiger partial charge in [0.1, 0.15) is 5.60 Å². The Labute approximate surface area is 159 Å². The number of benzene rings is 1. The molecule has 2 heterocycles. The third kappa shape index (κ3) is 5.18. The van der Waals surface area contributed by atoms with Crippen molar-refractivity contribution in [2.45, 2.75) is 39.2 Å². The topological polar surface area (TPSA) is 71.5 Å². The molecule has 0 saturated carbocycles. The second-order valence-corrected chi connectivity index (χ2v) is 8.03. The number of piperidine rings is 1. The summed E-state index contributed by atoms with van der Waals surface area (Å²) in [6, 6.07) is 9.34. The minimum atomic E-state index is -0.475. The van der Waals surface area contributed by atoms with Crippen molar-refractivity contribution in [1.29, 1.82) is 0 Å². The van der Waals surface area contributed by atoms with Crippen LogP contribution in [0.4, 0.5) is 4.79 Å². The van der Waals surface area contributed by atoms with Gasteiger partial charge in [-0.25, -0.2) is 4.79 Å². The number of carbonyl (C=O) groups is 2. The molecule has 2 amide bonds. The van der Waals surface area contributed by atoms with Crippen LogP contribution in [0.15, 0.2) is 36.5 Å². The second-order valence-electron chi connectivity index (χ2n) is 8.03. The Morgan fingerprint density at radius 2 is 1.96 bits per heavy atom. The monoisotopic (exact) mass is 369 g/mol. The van der Waals surface area contributed by atoms with Crippen molar-refractivity contribution in [3.05, 3.63) is 42.1 Å². The van der Waals surface area contributed by atoms with Crippen molar-refractivity contribution in [2.24, 2.45) is 5.92 Å². The molecule has 0 atom stereocenters. The maximum atomic E-state index is 12.4. The van der Waals surface area contributed by atoms with Crippen LogP contribution in [0.3, 0.4) is 0 Å². The Morgan fingerprint density at radius 1 is 1.22 bits per heavy atom. The highest BCUT2D eigenvalue weighted by atomic mass is 16.6.